The van der Waals surface area contributed by atoms with Crippen molar-refractivity contribution in [3.8, 4) is 44.5 Å². The molecule has 3 heteroatoms. The van der Waals surface area contributed by atoms with Crippen LogP contribution in [0.5, 0.6) is 0 Å². The molecule has 0 aliphatic carbocycles. The summed E-state index contributed by atoms with van der Waals surface area (Å²) in [5, 5.41) is 0. The van der Waals surface area contributed by atoms with Gasteiger partial charge in [0.2, 0.25) is 0 Å². The lowest BCUT2D eigenvalue weighted by Gasteiger charge is -2.41. The maximum atomic E-state index is 2.49. The zero-order valence-electron chi connectivity index (χ0n) is 31.2. The van der Waals surface area contributed by atoms with Crippen molar-refractivity contribution in [3.63, 3.8) is 0 Å². The van der Waals surface area contributed by atoms with Gasteiger partial charge in [0.25, 0.3) is 0 Å². The molecule has 2 aliphatic rings. The third-order valence-corrected chi connectivity index (χ3v) is 11.3. The smallest absolute Gasteiger partial charge is 0.0782 e. The van der Waals surface area contributed by atoms with Gasteiger partial charge in [0, 0.05) is 33.9 Å². The van der Waals surface area contributed by atoms with Crippen LogP contribution < -0.4 is 14.7 Å². The molecular formula is C54H37N3. The molecule has 0 amide bonds. The Labute approximate surface area is 333 Å². The summed E-state index contributed by atoms with van der Waals surface area (Å²) in [4.78, 5) is 7.23. The zero-order valence-corrected chi connectivity index (χ0v) is 31.2. The average Bonchev–Trinajstić information content (AvgIpc) is 3.41. The largest absolute Gasteiger partial charge is 0.311 e. The molecule has 11 rings (SSSR count). The summed E-state index contributed by atoms with van der Waals surface area (Å²) in [5.41, 5.74) is 20.0. The van der Waals surface area contributed by atoms with E-state index in [2.05, 4.69) is 239 Å². The molecule has 268 valence electrons. The molecule has 0 aromatic heterocycles. The minimum atomic E-state index is 1.11. The van der Waals surface area contributed by atoms with Crippen molar-refractivity contribution in [1.82, 2.24) is 0 Å². The molecule has 0 bridgehead atoms. The number of para-hydroxylation sites is 5. The highest BCUT2D eigenvalue weighted by atomic mass is 15.3. The molecule has 0 saturated carbocycles. The maximum Gasteiger partial charge on any atom is 0.0782 e. The number of benzene rings is 9. The number of nitrogens with zero attached hydrogens (tertiary/aromatic N) is 3. The summed E-state index contributed by atoms with van der Waals surface area (Å²) in [6, 6.07) is 81.2. The molecule has 0 saturated heterocycles. The van der Waals surface area contributed by atoms with Crippen molar-refractivity contribution in [3.05, 3.63) is 224 Å². The summed E-state index contributed by atoms with van der Waals surface area (Å²) >= 11 is 0. The summed E-state index contributed by atoms with van der Waals surface area (Å²) in [7, 11) is 0. The Balaban J connectivity index is 1.04. The van der Waals surface area contributed by atoms with Crippen LogP contribution in [-0.2, 0) is 0 Å². The monoisotopic (exact) mass is 727 g/mol. The number of anilines is 9. The summed E-state index contributed by atoms with van der Waals surface area (Å²) in [6.07, 6.45) is 0. The van der Waals surface area contributed by atoms with Crippen LogP contribution in [-0.4, -0.2) is 0 Å². The van der Waals surface area contributed by atoms with E-state index in [-0.39, 0.29) is 0 Å². The van der Waals surface area contributed by atoms with E-state index >= 15 is 0 Å². The van der Waals surface area contributed by atoms with E-state index in [0.717, 1.165) is 39.8 Å². The van der Waals surface area contributed by atoms with Gasteiger partial charge in [-0.25, -0.2) is 0 Å². The van der Waals surface area contributed by atoms with Gasteiger partial charge in [-0.1, -0.05) is 146 Å². The van der Waals surface area contributed by atoms with Crippen molar-refractivity contribution < 1.29 is 0 Å². The molecule has 0 atom stereocenters. The van der Waals surface area contributed by atoms with Crippen molar-refractivity contribution in [2.75, 3.05) is 14.7 Å². The van der Waals surface area contributed by atoms with Crippen molar-refractivity contribution in [1.29, 1.82) is 0 Å². The molecule has 0 N–H and O–H groups in total. The second-order valence-electron chi connectivity index (χ2n) is 14.6. The molecule has 3 nitrogen and oxygen atoms in total. The molecule has 9 aromatic rings. The Morgan fingerprint density at radius 3 is 1.39 bits per heavy atom. The predicted octanol–water partition coefficient (Wildman–Crippen LogP) is 15.4. The van der Waals surface area contributed by atoms with Crippen LogP contribution in [0.4, 0.5) is 51.2 Å². The van der Waals surface area contributed by atoms with Crippen molar-refractivity contribution >= 4 is 51.2 Å². The third kappa shape index (κ3) is 5.51. The van der Waals surface area contributed by atoms with Crippen LogP contribution >= 0.6 is 0 Å². The number of rotatable bonds is 6. The molecule has 0 unspecified atom stereocenters. The first-order chi connectivity index (χ1) is 28.3. The van der Waals surface area contributed by atoms with Crippen molar-refractivity contribution in [2.45, 2.75) is 0 Å². The lowest BCUT2D eigenvalue weighted by molar-refractivity contribution is 1.18. The van der Waals surface area contributed by atoms with E-state index in [1.165, 1.54) is 55.9 Å². The van der Waals surface area contributed by atoms with Crippen LogP contribution in [0.15, 0.2) is 224 Å². The number of hydrogen-bond acceptors (Lipinski definition) is 3. The van der Waals surface area contributed by atoms with Crippen LogP contribution in [0, 0.1) is 0 Å². The van der Waals surface area contributed by atoms with Crippen LogP contribution in [0.1, 0.15) is 0 Å². The van der Waals surface area contributed by atoms with E-state index < -0.39 is 0 Å². The van der Waals surface area contributed by atoms with Crippen LogP contribution in [0.3, 0.4) is 0 Å². The fraction of sp³-hybridized carbons (Fsp3) is 0. The highest BCUT2D eigenvalue weighted by molar-refractivity contribution is 6.12. The molecule has 0 spiro atoms. The Morgan fingerprint density at radius 1 is 0.263 bits per heavy atom. The highest BCUT2D eigenvalue weighted by Gasteiger charge is 2.36. The van der Waals surface area contributed by atoms with E-state index in [1.807, 2.05) is 0 Å². The first-order valence-corrected chi connectivity index (χ1v) is 19.5. The third-order valence-electron chi connectivity index (χ3n) is 11.3. The zero-order chi connectivity index (χ0) is 37.7. The number of fused-ring (bicyclic) bond motifs is 7. The minimum absolute atomic E-state index is 1.11. The Hall–Kier alpha value is -7.62. The normalized spacial score (nSPS) is 12.1. The van der Waals surface area contributed by atoms with E-state index in [9.17, 15) is 0 Å². The van der Waals surface area contributed by atoms with Gasteiger partial charge < -0.3 is 14.7 Å². The van der Waals surface area contributed by atoms with Gasteiger partial charge in [0.1, 0.15) is 0 Å². The minimum Gasteiger partial charge on any atom is -0.311 e. The molecule has 9 aromatic carbocycles. The maximum absolute atomic E-state index is 2.49. The van der Waals surface area contributed by atoms with Gasteiger partial charge in [-0.3, -0.25) is 0 Å². The SMILES string of the molecule is c1ccc(-c2ccc(N3c4ccccc4N4c5ccc(-c6ccc(N(c7ccccc7)c7ccccc7)cc6)cc5-c5ccccc5-c5cccc3c54)cc2)cc1. The summed E-state index contributed by atoms with van der Waals surface area (Å²) in [5.74, 6) is 0. The molecule has 57 heavy (non-hydrogen) atoms. The Bertz CT molecular complexity index is 2850. The first kappa shape index (κ1) is 32.8. The fourth-order valence-electron chi connectivity index (χ4n) is 8.70. The lowest BCUT2D eigenvalue weighted by atomic mass is 9.92. The first-order valence-electron chi connectivity index (χ1n) is 19.5. The topological polar surface area (TPSA) is 9.72 Å². The van der Waals surface area contributed by atoms with Crippen LogP contribution in [0.2, 0.25) is 0 Å². The summed E-state index contributed by atoms with van der Waals surface area (Å²) < 4.78 is 0. The fourth-order valence-corrected chi connectivity index (χ4v) is 8.70. The Kier molecular flexibility index (Phi) is 7.82. The van der Waals surface area contributed by atoms with Gasteiger partial charge in [-0.05, 0) is 112 Å². The second-order valence-corrected chi connectivity index (χ2v) is 14.6. The van der Waals surface area contributed by atoms with Gasteiger partial charge >= 0.3 is 0 Å². The van der Waals surface area contributed by atoms with E-state index in [0.29, 0.717) is 0 Å². The molecular weight excluding hydrogens is 691 g/mol. The average molecular weight is 728 g/mol. The van der Waals surface area contributed by atoms with Gasteiger partial charge in [0.15, 0.2) is 0 Å². The van der Waals surface area contributed by atoms with E-state index in [4.69, 9.17) is 0 Å². The van der Waals surface area contributed by atoms with Crippen LogP contribution in [0.25, 0.3) is 44.5 Å². The van der Waals surface area contributed by atoms with Gasteiger partial charge in [-0.2, -0.15) is 0 Å². The molecule has 0 radical (unpaired) electrons. The summed E-state index contributed by atoms with van der Waals surface area (Å²) in [6.45, 7) is 0. The molecule has 0 fully saturated rings. The van der Waals surface area contributed by atoms with Gasteiger partial charge in [-0.15, -0.1) is 0 Å². The van der Waals surface area contributed by atoms with E-state index in [1.54, 1.807) is 0 Å². The van der Waals surface area contributed by atoms with Crippen molar-refractivity contribution in [2.24, 2.45) is 0 Å². The van der Waals surface area contributed by atoms with Gasteiger partial charge in [0.05, 0.1) is 28.4 Å². The number of hydrogen-bond donors (Lipinski definition) is 0. The molecule has 2 aliphatic heterocycles. The molecule has 2 heterocycles. The highest BCUT2D eigenvalue weighted by Crippen LogP contribution is 2.61. The Morgan fingerprint density at radius 2 is 0.719 bits per heavy atom. The standard InChI is InChI=1S/C54H37N3/c1-4-15-38(16-5-1)39-27-34-45(35-28-39)56-51-24-12-13-25-52(51)57-50-36-31-41(37-49(50)47-22-11-10-21-46(47)48-23-14-26-53(56)54(48)57)40-29-32-44(33-30-40)55(42-17-6-2-7-18-42)43-19-8-3-9-20-43/h1-37H. The lowest BCUT2D eigenvalue weighted by Crippen LogP contribution is -2.24. The predicted molar refractivity (Wildman–Crippen MR) is 239 cm³/mol. The second kappa shape index (κ2) is 13.6. The quantitative estimate of drug-likeness (QED) is 0.169.